The van der Waals surface area contributed by atoms with Gasteiger partial charge in [-0.2, -0.15) is 0 Å². The Morgan fingerprint density at radius 1 is 1.38 bits per heavy atom. The Morgan fingerprint density at radius 2 is 2.05 bits per heavy atom. The highest BCUT2D eigenvalue weighted by Gasteiger charge is 2.20. The van der Waals surface area contributed by atoms with Crippen LogP contribution in [0, 0.1) is 12.8 Å². The number of nitrogens with zero attached hydrogens (tertiary/aromatic N) is 1. The van der Waals surface area contributed by atoms with E-state index in [1.807, 2.05) is 29.7 Å². The molecular formula is C17H20BrNO2. The van der Waals surface area contributed by atoms with Gasteiger partial charge in [-0.3, -0.25) is 9.59 Å². The van der Waals surface area contributed by atoms with Crippen LogP contribution in [-0.2, 0) is 0 Å². The highest BCUT2D eigenvalue weighted by molar-refractivity contribution is 9.10. The summed E-state index contributed by atoms with van der Waals surface area (Å²) in [4.78, 5) is 24.5. The molecule has 112 valence electrons. The SMILES string of the molecule is CCC(C)CC(=O)c1cc2c(Br)ccn2c(C(C)=O)c1C. The summed E-state index contributed by atoms with van der Waals surface area (Å²) in [7, 11) is 0. The van der Waals surface area contributed by atoms with Crippen LogP contribution >= 0.6 is 15.9 Å². The molecule has 0 aliphatic carbocycles. The fourth-order valence-electron chi connectivity index (χ4n) is 2.60. The zero-order valence-electron chi connectivity index (χ0n) is 12.9. The lowest BCUT2D eigenvalue weighted by Gasteiger charge is -2.14. The monoisotopic (exact) mass is 349 g/mol. The molecule has 21 heavy (non-hydrogen) atoms. The van der Waals surface area contributed by atoms with Gasteiger partial charge in [-0.25, -0.2) is 0 Å². The molecular weight excluding hydrogens is 330 g/mol. The van der Waals surface area contributed by atoms with Crippen molar-refractivity contribution in [1.29, 1.82) is 0 Å². The van der Waals surface area contributed by atoms with Crippen LogP contribution in [0.25, 0.3) is 5.52 Å². The fourth-order valence-corrected chi connectivity index (χ4v) is 3.03. The van der Waals surface area contributed by atoms with Crippen molar-refractivity contribution in [3.8, 4) is 0 Å². The highest BCUT2D eigenvalue weighted by atomic mass is 79.9. The average molecular weight is 350 g/mol. The normalized spacial score (nSPS) is 12.6. The molecule has 0 bridgehead atoms. The highest BCUT2D eigenvalue weighted by Crippen LogP contribution is 2.27. The van der Waals surface area contributed by atoms with Crippen LogP contribution in [0.4, 0.5) is 0 Å². The van der Waals surface area contributed by atoms with E-state index in [1.165, 1.54) is 0 Å². The number of halogens is 1. The number of ketones is 2. The molecule has 0 radical (unpaired) electrons. The molecule has 0 fully saturated rings. The van der Waals surface area contributed by atoms with Crippen molar-refractivity contribution < 1.29 is 9.59 Å². The quantitative estimate of drug-likeness (QED) is 0.725. The third-order valence-electron chi connectivity index (χ3n) is 4.02. The van der Waals surface area contributed by atoms with Gasteiger partial charge in [-0.05, 0) is 46.5 Å². The standard InChI is InChI=1S/C17H20BrNO2/c1-5-10(2)8-16(21)13-9-15-14(18)6-7-19(15)17(11(13)3)12(4)20/h6-7,9-10H,5,8H2,1-4H3. The number of Topliss-reactive ketones (excluding diaryl/α,β-unsaturated/α-hetero) is 2. The summed E-state index contributed by atoms with van der Waals surface area (Å²) in [5, 5.41) is 0. The molecule has 0 aliphatic heterocycles. The minimum Gasteiger partial charge on any atom is -0.313 e. The number of aromatic nitrogens is 1. The smallest absolute Gasteiger partial charge is 0.176 e. The predicted molar refractivity (Wildman–Crippen MR) is 88.2 cm³/mol. The lowest BCUT2D eigenvalue weighted by molar-refractivity contribution is 0.0963. The molecule has 3 nitrogen and oxygen atoms in total. The van der Waals surface area contributed by atoms with E-state index < -0.39 is 0 Å². The summed E-state index contributed by atoms with van der Waals surface area (Å²) in [6.45, 7) is 7.55. The molecule has 0 amide bonds. The Hall–Kier alpha value is -1.42. The van der Waals surface area contributed by atoms with Crippen molar-refractivity contribution in [1.82, 2.24) is 4.40 Å². The molecule has 1 unspecified atom stereocenters. The van der Waals surface area contributed by atoms with E-state index in [9.17, 15) is 9.59 Å². The number of carbonyl (C=O) groups excluding carboxylic acids is 2. The van der Waals surface area contributed by atoms with Crippen molar-refractivity contribution in [3.63, 3.8) is 0 Å². The minimum absolute atomic E-state index is 0.0289. The first-order valence-electron chi connectivity index (χ1n) is 7.21. The van der Waals surface area contributed by atoms with Gasteiger partial charge in [-0.15, -0.1) is 0 Å². The van der Waals surface area contributed by atoms with E-state index in [4.69, 9.17) is 0 Å². The van der Waals surface area contributed by atoms with E-state index >= 15 is 0 Å². The summed E-state index contributed by atoms with van der Waals surface area (Å²) in [5.74, 6) is 0.433. The average Bonchev–Trinajstić information content (AvgIpc) is 2.78. The van der Waals surface area contributed by atoms with Gasteiger partial charge in [0, 0.05) is 29.6 Å². The Labute approximate surface area is 133 Å². The first-order chi connectivity index (χ1) is 9.86. The summed E-state index contributed by atoms with van der Waals surface area (Å²) in [6, 6.07) is 3.78. The van der Waals surface area contributed by atoms with Gasteiger partial charge in [0.05, 0.1) is 11.2 Å². The summed E-state index contributed by atoms with van der Waals surface area (Å²) in [5.41, 5.74) is 2.88. The molecule has 0 aliphatic rings. The zero-order chi connectivity index (χ0) is 15.7. The Balaban J connectivity index is 2.64. The molecule has 2 heterocycles. The Bertz CT molecular complexity index is 715. The van der Waals surface area contributed by atoms with Crippen molar-refractivity contribution >= 4 is 33.0 Å². The van der Waals surface area contributed by atoms with Gasteiger partial charge in [0.1, 0.15) is 0 Å². The van der Waals surface area contributed by atoms with Crippen molar-refractivity contribution in [2.75, 3.05) is 0 Å². The van der Waals surface area contributed by atoms with Gasteiger partial charge in [0.15, 0.2) is 11.6 Å². The number of fused-ring (bicyclic) bond motifs is 1. The first-order valence-corrected chi connectivity index (χ1v) is 8.00. The molecule has 2 aromatic rings. The van der Waals surface area contributed by atoms with Gasteiger partial charge < -0.3 is 4.40 Å². The van der Waals surface area contributed by atoms with Crippen LogP contribution < -0.4 is 0 Å². The predicted octanol–water partition coefficient (Wildman–Crippen LogP) is 4.83. The minimum atomic E-state index is -0.0289. The second kappa shape index (κ2) is 6.14. The molecule has 1 atom stereocenters. The van der Waals surface area contributed by atoms with E-state index in [1.54, 1.807) is 6.92 Å². The van der Waals surface area contributed by atoms with Gasteiger partial charge in [0.25, 0.3) is 0 Å². The van der Waals surface area contributed by atoms with E-state index in [0.29, 0.717) is 23.6 Å². The van der Waals surface area contributed by atoms with Gasteiger partial charge >= 0.3 is 0 Å². The molecule has 0 aromatic carbocycles. The van der Waals surface area contributed by atoms with Crippen molar-refractivity contribution in [3.05, 3.63) is 39.6 Å². The number of pyridine rings is 1. The second-order valence-electron chi connectivity index (χ2n) is 5.65. The zero-order valence-corrected chi connectivity index (χ0v) is 14.5. The summed E-state index contributed by atoms with van der Waals surface area (Å²) < 4.78 is 2.74. The second-order valence-corrected chi connectivity index (χ2v) is 6.50. The maximum Gasteiger partial charge on any atom is 0.176 e. The maximum absolute atomic E-state index is 12.6. The molecule has 0 N–H and O–H groups in total. The molecule has 0 saturated heterocycles. The van der Waals surface area contributed by atoms with E-state index in [2.05, 4.69) is 29.8 Å². The number of carbonyl (C=O) groups is 2. The number of hydrogen-bond donors (Lipinski definition) is 0. The van der Waals surface area contributed by atoms with E-state index in [0.717, 1.165) is 22.0 Å². The fraction of sp³-hybridized carbons (Fsp3) is 0.412. The topological polar surface area (TPSA) is 38.5 Å². The number of rotatable bonds is 5. The van der Waals surface area contributed by atoms with Crippen molar-refractivity contribution in [2.24, 2.45) is 5.92 Å². The molecule has 0 saturated carbocycles. The molecule has 0 spiro atoms. The summed E-state index contributed by atoms with van der Waals surface area (Å²) in [6.07, 6.45) is 3.34. The van der Waals surface area contributed by atoms with Crippen LogP contribution in [0.3, 0.4) is 0 Å². The number of hydrogen-bond acceptors (Lipinski definition) is 2. The maximum atomic E-state index is 12.6. The van der Waals surface area contributed by atoms with Gasteiger partial charge in [-0.1, -0.05) is 20.3 Å². The van der Waals surface area contributed by atoms with Crippen LogP contribution in [0.1, 0.15) is 60.0 Å². The van der Waals surface area contributed by atoms with Crippen LogP contribution in [0.15, 0.2) is 22.8 Å². The first kappa shape index (κ1) is 16.0. The third kappa shape index (κ3) is 2.95. The third-order valence-corrected chi connectivity index (χ3v) is 4.69. The Kier molecular flexibility index (Phi) is 4.67. The van der Waals surface area contributed by atoms with Crippen LogP contribution in [0.5, 0.6) is 0 Å². The lowest BCUT2D eigenvalue weighted by atomic mass is 9.94. The molecule has 2 rings (SSSR count). The van der Waals surface area contributed by atoms with Crippen LogP contribution in [0.2, 0.25) is 0 Å². The van der Waals surface area contributed by atoms with E-state index in [-0.39, 0.29) is 11.6 Å². The molecule has 2 aromatic heterocycles. The molecule has 4 heteroatoms. The summed E-state index contributed by atoms with van der Waals surface area (Å²) >= 11 is 3.48. The largest absolute Gasteiger partial charge is 0.313 e. The lowest BCUT2D eigenvalue weighted by Crippen LogP contribution is -2.13. The van der Waals surface area contributed by atoms with Crippen LogP contribution in [-0.4, -0.2) is 16.0 Å². The Morgan fingerprint density at radius 3 is 2.62 bits per heavy atom. The van der Waals surface area contributed by atoms with Crippen molar-refractivity contribution in [2.45, 2.75) is 40.5 Å². The van der Waals surface area contributed by atoms with Gasteiger partial charge in [0.2, 0.25) is 0 Å².